The van der Waals surface area contributed by atoms with Gasteiger partial charge in [-0.2, -0.15) is 0 Å². The van der Waals surface area contributed by atoms with Gasteiger partial charge in [0, 0.05) is 18.8 Å². The minimum absolute atomic E-state index is 0.000353. The van der Waals surface area contributed by atoms with Crippen LogP contribution in [0.2, 0.25) is 0 Å². The van der Waals surface area contributed by atoms with Crippen molar-refractivity contribution in [3.63, 3.8) is 0 Å². The summed E-state index contributed by atoms with van der Waals surface area (Å²) in [6, 6.07) is 6.81. The van der Waals surface area contributed by atoms with Crippen LogP contribution in [0.5, 0.6) is 0 Å². The average molecular weight is 387 g/mol. The molecule has 28 heavy (non-hydrogen) atoms. The lowest BCUT2D eigenvalue weighted by molar-refractivity contribution is -0.131. The number of anilines is 1. The monoisotopic (exact) mass is 387 g/mol. The van der Waals surface area contributed by atoms with Crippen LogP contribution in [0.3, 0.4) is 0 Å². The smallest absolute Gasteiger partial charge is 0.315 e. The number of nitrogens with one attached hydrogen (secondary N) is 2. The third-order valence-corrected chi connectivity index (χ3v) is 4.68. The predicted molar refractivity (Wildman–Crippen MR) is 102 cm³/mol. The number of nitrogens with zero attached hydrogens (tertiary/aromatic N) is 4. The quantitative estimate of drug-likeness (QED) is 0.487. The molecule has 2 aromatic rings. The van der Waals surface area contributed by atoms with Gasteiger partial charge in [0.2, 0.25) is 5.91 Å². The standard InChI is InChI=1S/C18H25N7O3/c19-14-5-3-13(4-6-14)8-20-18(28)21-9-17(27)25-7-1-2-16(25)11-24-10-15(12-26)22-23-24/h3-6,10,16,26H,1-2,7-9,11-12,19H2,(H2,20,21,28)/t16-/m1/s1. The third-order valence-electron chi connectivity index (χ3n) is 4.68. The molecular formula is C18H25N7O3. The number of carbonyl (C=O) groups is 2. The summed E-state index contributed by atoms with van der Waals surface area (Å²) in [6.45, 7) is 1.29. The van der Waals surface area contributed by atoms with E-state index in [0.717, 1.165) is 18.4 Å². The Morgan fingerprint density at radius 2 is 2.04 bits per heavy atom. The second kappa shape index (κ2) is 9.18. The lowest BCUT2D eigenvalue weighted by Gasteiger charge is -2.24. The molecule has 10 nitrogen and oxygen atoms in total. The fraction of sp³-hybridized carbons (Fsp3) is 0.444. The molecule has 3 rings (SSSR count). The van der Waals surface area contributed by atoms with Gasteiger partial charge in [0.05, 0.1) is 31.9 Å². The van der Waals surface area contributed by atoms with E-state index in [-0.39, 0.29) is 25.1 Å². The minimum Gasteiger partial charge on any atom is -0.399 e. The minimum atomic E-state index is -0.398. The van der Waals surface area contributed by atoms with Crippen molar-refractivity contribution in [3.05, 3.63) is 41.7 Å². The third kappa shape index (κ3) is 5.19. The molecule has 0 radical (unpaired) electrons. The highest BCUT2D eigenvalue weighted by molar-refractivity contribution is 5.84. The molecule has 1 saturated heterocycles. The van der Waals surface area contributed by atoms with E-state index in [9.17, 15) is 9.59 Å². The first kappa shape index (κ1) is 19.6. The Labute approximate surface area is 162 Å². The Morgan fingerprint density at radius 1 is 1.25 bits per heavy atom. The molecule has 0 saturated carbocycles. The van der Waals surface area contributed by atoms with Crippen molar-refractivity contribution < 1.29 is 14.7 Å². The molecule has 0 aliphatic carbocycles. The second-order valence-corrected chi connectivity index (χ2v) is 6.75. The van der Waals surface area contributed by atoms with Crippen LogP contribution in [0, 0.1) is 0 Å². The van der Waals surface area contributed by atoms with Crippen molar-refractivity contribution in [2.45, 2.75) is 38.6 Å². The lowest BCUT2D eigenvalue weighted by atomic mass is 10.2. The van der Waals surface area contributed by atoms with Crippen LogP contribution in [0.15, 0.2) is 30.5 Å². The Kier molecular flexibility index (Phi) is 6.43. The number of aliphatic hydroxyl groups excluding tert-OH is 1. The van der Waals surface area contributed by atoms with Crippen LogP contribution < -0.4 is 16.4 Å². The van der Waals surface area contributed by atoms with Crippen LogP contribution in [0.4, 0.5) is 10.5 Å². The van der Waals surface area contributed by atoms with Gasteiger partial charge in [-0.25, -0.2) is 4.79 Å². The van der Waals surface area contributed by atoms with E-state index in [1.165, 1.54) is 0 Å². The summed E-state index contributed by atoms with van der Waals surface area (Å²) in [5, 5.41) is 22.2. The van der Waals surface area contributed by atoms with E-state index < -0.39 is 6.03 Å². The average Bonchev–Trinajstić information content (AvgIpc) is 3.35. The fourth-order valence-electron chi connectivity index (χ4n) is 3.21. The molecule has 1 aliphatic heterocycles. The normalized spacial score (nSPS) is 16.2. The van der Waals surface area contributed by atoms with E-state index >= 15 is 0 Å². The molecule has 10 heteroatoms. The van der Waals surface area contributed by atoms with E-state index in [0.29, 0.717) is 31.0 Å². The summed E-state index contributed by atoms with van der Waals surface area (Å²) in [6.07, 6.45) is 3.44. The highest BCUT2D eigenvalue weighted by Gasteiger charge is 2.29. The van der Waals surface area contributed by atoms with Crippen LogP contribution in [0.25, 0.3) is 0 Å². The SMILES string of the molecule is Nc1ccc(CNC(=O)NCC(=O)N2CCC[C@@H]2Cn2cc(CO)nn2)cc1. The topological polar surface area (TPSA) is 138 Å². The van der Waals surface area contributed by atoms with Crippen LogP contribution in [-0.4, -0.2) is 56.1 Å². The van der Waals surface area contributed by atoms with Crippen molar-refractivity contribution in [2.24, 2.45) is 0 Å². The first-order valence-electron chi connectivity index (χ1n) is 9.20. The van der Waals surface area contributed by atoms with Crippen molar-refractivity contribution in [3.8, 4) is 0 Å². The Bertz CT molecular complexity index is 806. The van der Waals surface area contributed by atoms with Gasteiger partial charge >= 0.3 is 6.03 Å². The van der Waals surface area contributed by atoms with Crippen LogP contribution in [0.1, 0.15) is 24.1 Å². The molecule has 1 atom stereocenters. The summed E-state index contributed by atoms with van der Waals surface area (Å²) in [5.74, 6) is -0.132. The number of hydrogen-bond acceptors (Lipinski definition) is 6. The Morgan fingerprint density at radius 3 is 2.75 bits per heavy atom. The van der Waals surface area contributed by atoms with Gasteiger partial charge in [-0.15, -0.1) is 5.10 Å². The Hall–Kier alpha value is -3.14. The molecule has 0 spiro atoms. The molecule has 0 bridgehead atoms. The maximum atomic E-state index is 12.5. The Balaban J connectivity index is 1.43. The molecule has 1 aromatic heterocycles. The predicted octanol–water partition coefficient (Wildman–Crippen LogP) is -0.157. The molecular weight excluding hydrogens is 362 g/mol. The number of rotatable bonds is 7. The maximum absolute atomic E-state index is 12.5. The fourth-order valence-corrected chi connectivity index (χ4v) is 3.21. The number of aromatic nitrogens is 3. The zero-order chi connectivity index (χ0) is 19.9. The van der Waals surface area contributed by atoms with Gasteiger partial charge < -0.3 is 26.4 Å². The molecule has 2 heterocycles. The molecule has 150 valence electrons. The van der Waals surface area contributed by atoms with Crippen molar-refractivity contribution in [1.82, 2.24) is 30.5 Å². The molecule has 1 aromatic carbocycles. The van der Waals surface area contributed by atoms with Crippen molar-refractivity contribution in [1.29, 1.82) is 0 Å². The first-order valence-corrected chi connectivity index (χ1v) is 9.20. The maximum Gasteiger partial charge on any atom is 0.315 e. The zero-order valence-electron chi connectivity index (χ0n) is 15.5. The number of carbonyl (C=O) groups excluding carboxylic acids is 2. The van der Waals surface area contributed by atoms with E-state index in [1.807, 2.05) is 12.1 Å². The number of hydrogen-bond donors (Lipinski definition) is 4. The van der Waals surface area contributed by atoms with E-state index in [2.05, 4.69) is 20.9 Å². The van der Waals surface area contributed by atoms with Gasteiger partial charge in [-0.1, -0.05) is 17.3 Å². The second-order valence-electron chi connectivity index (χ2n) is 6.75. The number of nitrogen functional groups attached to an aromatic ring is 1. The molecule has 1 fully saturated rings. The number of benzene rings is 1. The molecule has 3 amide bonds. The zero-order valence-corrected chi connectivity index (χ0v) is 15.5. The van der Waals surface area contributed by atoms with Crippen molar-refractivity contribution in [2.75, 3.05) is 18.8 Å². The van der Waals surface area contributed by atoms with E-state index in [4.69, 9.17) is 10.8 Å². The number of amides is 3. The summed E-state index contributed by atoms with van der Waals surface area (Å²) < 4.78 is 1.63. The van der Waals surface area contributed by atoms with E-state index in [1.54, 1.807) is 27.9 Å². The van der Waals surface area contributed by atoms with Gasteiger partial charge in [-0.05, 0) is 30.5 Å². The summed E-state index contributed by atoms with van der Waals surface area (Å²) in [7, 11) is 0. The van der Waals surface area contributed by atoms with Gasteiger partial charge in [0.25, 0.3) is 0 Å². The summed E-state index contributed by atoms with van der Waals surface area (Å²) in [4.78, 5) is 26.2. The highest BCUT2D eigenvalue weighted by Crippen LogP contribution is 2.18. The highest BCUT2D eigenvalue weighted by atomic mass is 16.3. The number of nitrogens with two attached hydrogens (primary N) is 1. The first-order chi connectivity index (χ1) is 13.5. The van der Waals surface area contributed by atoms with Crippen LogP contribution in [-0.2, 0) is 24.5 Å². The largest absolute Gasteiger partial charge is 0.399 e. The number of likely N-dealkylation sites (tertiary alicyclic amines) is 1. The lowest BCUT2D eigenvalue weighted by Crippen LogP contribution is -2.46. The van der Waals surface area contributed by atoms with Crippen LogP contribution >= 0.6 is 0 Å². The van der Waals surface area contributed by atoms with Gasteiger partial charge in [-0.3, -0.25) is 9.48 Å². The number of urea groups is 1. The molecule has 0 unspecified atom stereocenters. The van der Waals surface area contributed by atoms with Crippen molar-refractivity contribution >= 4 is 17.6 Å². The van der Waals surface area contributed by atoms with Gasteiger partial charge in [0.15, 0.2) is 0 Å². The van der Waals surface area contributed by atoms with Gasteiger partial charge in [0.1, 0.15) is 5.69 Å². The number of aliphatic hydroxyl groups is 1. The summed E-state index contributed by atoms with van der Waals surface area (Å²) in [5.41, 5.74) is 7.71. The summed E-state index contributed by atoms with van der Waals surface area (Å²) >= 11 is 0. The molecule has 5 N–H and O–H groups in total. The molecule has 1 aliphatic rings.